The molecule has 0 N–H and O–H groups in total. The van der Waals surface area contributed by atoms with Gasteiger partial charge in [0.05, 0.1) is 0 Å². The van der Waals surface area contributed by atoms with Crippen LogP contribution < -0.4 is 4.90 Å². The van der Waals surface area contributed by atoms with Gasteiger partial charge in [-0.15, -0.1) is 0 Å². The highest BCUT2D eigenvalue weighted by atomic mass is 16.3. The molecule has 6 heteroatoms. The van der Waals surface area contributed by atoms with Crippen molar-refractivity contribution in [1.82, 2.24) is 14.9 Å². The van der Waals surface area contributed by atoms with Crippen LogP contribution in [0, 0.1) is 13.8 Å². The fraction of sp³-hybridized carbons (Fsp3) is 0.409. The van der Waals surface area contributed by atoms with E-state index < -0.39 is 0 Å². The molecule has 2 aromatic heterocycles. The second-order valence-electron chi connectivity index (χ2n) is 7.90. The van der Waals surface area contributed by atoms with Crippen molar-refractivity contribution in [1.29, 1.82) is 0 Å². The van der Waals surface area contributed by atoms with Crippen molar-refractivity contribution >= 4 is 22.7 Å². The molecule has 0 bridgehead atoms. The predicted octanol–water partition coefficient (Wildman–Crippen LogP) is 3.68. The number of anilines is 1. The van der Waals surface area contributed by atoms with Gasteiger partial charge in [-0.3, -0.25) is 9.78 Å². The largest absolute Gasteiger partial charge is 0.440 e. The van der Waals surface area contributed by atoms with Gasteiger partial charge < -0.3 is 14.2 Å². The zero-order valence-corrected chi connectivity index (χ0v) is 16.3. The lowest BCUT2D eigenvalue weighted by Gasteiger charge is -2.36. The van der Waals surface area contributed by atoms with E-state index in [0.717, 1.165) is 48.7 Å². The Bertz CT molecular complexity index is 1030. The Morgan fingerprint density at radius 2 is 1.71 bits per heavy atom. The highest BCUT2D eigenvalue weighted by Crippen LogP contribution is 2.40. The first-order valence-electron chi connectivity index (χ1n) is 9.97. The second kappa shape index (κ2) is 6.62. The number of nitrogens with zero attached hydrogens (tertiary/aromatic N) is 4. The summed E-state index contributed by atoms with van der Waals surface area (Å²) in [5.41, 5.74) is 5.47. The molecule has 1 amide bonds. The number of benzene rings is 1. The Balaban J connectivity index is 1.29. The Hall–Kier alpha value is -2.89. The molecule has 144 valence electrons. The first-order chi connectivity index (χ1) is 13.6. The number of aryl methyl sites for hydroxylation is 2. The van der Waals surface area contributed by atoms with Crippen molar-refractivity contribution in [2.75, 3.05) is 31.1 Å². The van der Waals surface area contributed by atoms with Gasteiger partial charge in [0, 0.05) is 54.7 Å². The van der Waals surface area contributed by atoms with Gasteiger partial charge in [0.2, 0.25) is 0 Å². The molecule has 0 spiro atoms. The van der Waals surface area contributed by atoms with Crippen LogP contribution in [0.3, 0.4) is 0 Å². The third-order valence-corrected chi connectivity index (χ3v) is 5.58. The molecule has 0 unspecified atom stereocenters. The van der Waals surface area contributed by atoms with Crippen LogP contribution in [-0.2, 0) is 0 Å². The lowest BCUT2D eigenvalue weighted by Crippen LogP contribution is -2.48. The Morgan fingerprint density at radius 3 is 2.39 bits per heavy atom. The molecule has 1 saturated heterocycles. The van der Waals surface area contributed by atoms with E-state index in [1.54, 1.807) is 0 Å². The molecule has 2 fully saturated rings. The summed E-state index contributed by atoms with van der Waals surface area (Å²) >= 11 is 0. The topological polar surface area (TPSA) is 62.5 Å². The SMILES string of the molecule is Cc1cc(N2CCN(C(=O)c3ccc4nc(C5CC5)oc4c3)CC2)cc(C)n1. The molecule has 6 nitrogen and oxygen atoms in total. The van der Waals surface area contributed by atoms with Crippen LogP contribution in [-0.4, -0.2) is 47.0 Å². The molecule has 1 aliphatic carbocycles. The van der Waals surface area contributed by atoms with Crippen molar-refractivity contribution in [3.8, 4) is 0 Å². The third kappa shape index (κ3) is 3.23. The van der Waals surface area contributed by atoms with Crippen molar-refractivity contribution in [2.24, 2.45) is 0 Å². The van der Waals surface area contributed by atoms with E-state index >= 15 is 0 Å². The van der Waals surface area contributed by atoms with Gasteiger partial charge in [-0.1, -0.05) is 0 Å². The number of hydrogen-bond donors (Lipinski definition) is 0. The van der Waals surface area contributed by atoms with E-state index in [2.05, 4.69) is 27.0 Å². The summed E-state index contributed by atoms with van der Waals surface area (Å²) in [5.74, 6) is 1.35. The van der Waals surface area contributed by atoms with Crippen LogP contribution in [0.1, 0.15) is 46.4 Å². The van der Waals surface area contributed by atoms with Crippen LogP contribution in [0.15, 0.2) is 34.7 Å². The minimum atomic E-state index is 0.0630. The van der Waals surface area contributed by atoms with Crippen LogP contribution in [0.25, 0.3) is 11.1 Å². The normalized spacial score (nSPS) is 17.4. The van der Waals surface area contributed by atoms with Gasteiger partial charge >= 0.3 is 0 Å². The quantitative estimate of drug-likeness (QED) is 0.698. The molecule has 2 aliphatic rings. The minimum Gasteiger partial charge on any atom is -0.440 e. The molecule has 3 aromatic rings. The van der Waals surface area contributed by atoms with Crippen LogP contribution in [0.5, 0.6) is 0 Å². The minimum absolute atomic E-state index is 0.0630. The number of fused-ring (bicyclic) bond motifs is 1. The summed E-state index contributed by atoms with van der Waals surface area (Å²) < 4.78 is 5.87. The number of oxazole rings is 1. The summed E-state index contributed by atoms with van der Waals surface area (Å²) in [6, 6.07) is 9.83. The Morgan fingerprint density at radius 1 is 1.00 bits per heavy atom. The standard InChI is InChI=1S/C22H24N4O2/c1-14-11-18(12-15(2)23-14)25-7-9-26(10-8-25)22(27)17-5-6-19-20(13-17)28-21(24-19)16-3-4-16/h5-6,11-13,16H,3-4,7-10H2,1-2H3. The molecule has 1 aromatic carbocycles. The van der Waals surface area contributed by atoms with Gasteiger partial charge in [-0.2, -0.15) is 0 Å². The molecular formula is C22H24N4O2. The van der Waals surface area contributed by atoms with Crippen LogP contribution in [0.2, 0.25) is 0 Å². The fourth-order valence-electron chi connectivity index (χ4n) is 3.93. The number of amides is 1. The summed E-state index contributed by atoms with van der Waals surface area (Å²) in [4.78, 5) is 26.2. The first-order valence-corrected chi connectivity index (χ1v) is 9.97. The van der Waals surface area contributed by atoms with E-state index in [1.807, 2.05) is 36.9 Å². The molecule has 0 radical (unpaired) electrons. The summed E-state index contributed by atoms with van der Waals surface area (Å²) in [6.45, 7) is 7.10. The molecule has 5 rings (SSSR count). The van der Waals surface area contributed by atoms with Gasteiger partial charge in [0.25, 0.3) is 5.91 Å². The number of carbonyl (C=O) groups is 1. The van der Waals surface area contributed by atoms with Gasteiger partial charge in [-0.25, -0.2) is 4.98 Å². The van der Waals surface area contributed by atoms with Crippen molar-refractivity contribution in [2.45, 2.75) is 32.6 Å². The maximum atomic E-state index is 13.0. The second-order valence-corrected chi connectivity index (χ2v) is 7.90. The van der Waals surface area contributed by atoms with E-state index in [4.69, 9.17) is 4.42 Å². The zero-order valence-electron chi connectivity index (χ0n) is 16.3. The van der Waals surface area contributed by atoms with E-state index in [-0.39, 0.29) is 5.91 Å². The Labute approximate surface area is 164 Å². The predicted molar refractivity (Wildman–Crippen MR) is 108 cm³/mol. The third-order valence-electron chi connectivity index (χ3n) is 5.58. The zero-order chi connectivity index (χ0) is 19.3. The number of aromatic nitrogens is 2. The maximum absolute atomic E-state index is 13.0. The highest BCUT2D eigenvalue weighted by molar-refractivity contribution is 5.97. The average Bonchev–Trinajstić information content (AvgIpc) is 3.45. The van der Waals surface area contributed by atoms with Crippen LogP contribution >= 0.6 is 0 Å². The summed E-state index contributed by atoms with van der Waals surface area (Å²) in [5, 5.41) is 0. The average molecular weight is 376 g/mol. The molecule has 1 aliphatic heterocycles. The smallest absolute Gasteiger partial charge is 0.254 e. The van der Waals surface area contributed by atoms with Gasteiger partial charge in [0.1, 0.15) is 5.52 Å². The van der Waals surface area contributed by atoms with Crippen molar-refractivity contribution in [3.05, 3.63) is 53.2 Å². The monoisotopic (exact) mass is 376 g/mol. The number of rotatable bonds is 3. The van der Waals surface area contributed by atoms with E-state index in [9.17, 15) is 4.79 Å². The van der Waals surface area contributed by atoms with Gasteiger partial charge in [0.15, 0.2) is 11.5 Å². The van der Waals surface area contributed by atoms with Crippen molar-refractivity contribution < 1.29 is 9.21 Å². The fourth-order valence-corrected chi connectivity index (χ4v) is 3.93. The first kappa shape index (κ1) is 17.2. The molecule has 0 atom stereocenters. The van der Waals surface area contributed by atoms with Crippen molar-refractivity contribution in [3.63, 3.8) is 0 Å². The lowest BCUT2D eigenvalue weighted by molar-refractivity contribution is 0.0747. The molecule has 1 saturated carbocycles. The Kier molecular flexibility index (Phi) is 4.07. The number of hydrogen-bond acceptors (Lipinski definition) is 5. The maximum Gasteiger partial charge on any atom is 0.254 e. The highest BCUT2D eigenvalue weighted by Gasteiger charge is 2.29. The molecule has 28 heavy (non-hydrogen) atoms. The van der Waals surface area contributed by atoms with E-state index in [1.165, 1.54) is 5.69 Å². The molecular weight excluding hydrogens is 352 g/mol. The van der Waals surface area contributed by atoms with Gasteiger partial charge in [-0.05, 0) is 57.0 Å². The lowest BCUT2D eigenvalue weighted by atomic mass is 10.1. The van der Waals surface area contributed by atoms with E-state index in [0.29, 0.717) is 30.2 Å². The number of piperazine rings is 1. The summed E-state index contributed by atoms with van der Waals surface area (Å²) in [6.07, 6.45) is 2.30. The number of pyridine rings is 1. The number of carbonyl (C=O) groups excluding carboxylic acids is 1. The molecule has 3 heterocycles. The van der Waals surface area contributed by atoms with Crippen LogP contribution in [0.4, 0.5) is 5.69 Å². The summed E-state index contributed by atoms with van der Waals surface area (Å²) in [7, 11) is 0.